The van der Waals surface area contributed by atoms with Crippen LogP contribution in [0.1, 0.15) is 33.5 Å². The number of rotatable bonds is 4. The van der Waals surface area contributed by atoms with Crippen LogP contribution in [0.3, 0.4) is 0 Å². The molecule has 0 radical (unpaired) electrons. The number of carbonyl (C=O) groups is 2. The number of esters is 1. The SMILES string of the molecule is Cc1ccc(NC(=O)COC(=O)c2ccc3c(c2)CCC3)cc1F. The number of ether oxygens (including phenoxy) is 1. The molecule has 4 nitrogen and oxygen atoms in total. The van der Waals surface area contributed by atoms with E-state index in [9.17, 15) is 14.0 Å². The normalized spacial score (nSPS) is 12.6. The summed E-state index contributed by atoms with van der Waals surface area (Å²) in [6.07, 6.45) is 3.11. The lowest BCUT2D eigenvalue weighted by atomic mass is 10.1. The molecule has 0 aromatic heterocycles. The van der Waals surface area contributed by atoms with Crippen LogP contribution in [0.5, 0.6) is 0 Å². The topological polar surface area (TPSA) is 55.4 Å². The minimum absolute atomic E-state index is 0.330. The highest BCUT2D eigenvalue weighted by atomic mass is 19.1. The van der Waals surface area contributed by atoms with Gasteiger partial charge in [-0.25, -0.2) is 9.18 Å². The van der Waals surface area contributed by atoms with Crippen molar-refractivity contribution in [3.8, 4) is 0 Å². The van der Waals surface area contributed by atoms with Gasteiger partial charge in [-0.2, -0.15) is 0 Å². The molecule has 124 valence electrons. The van der Waals surface area contributed by atoms with Gasteiger partial charge in [0.25, 0.3) is 5.91 Å². The van der Waals surface area contributed by atoms with Crippen LogP contribution in [0.15, 0.2) is 36.4 Å². The maximum Gasteiger partial charge on any atom is 0.338 e. The molecule has 2 aromatic carbocycles. The number of nitrogens with one attached hydrogen (secondary N) is 1. The van der Waals surface area contributed by atoms with Crippen molar-refractivity contribution in [2.24, 2.45) is 0 Å². The van der Waals surface area contributed by atoms with Gasteiger partial charge in [0.2, 0.25) is 0 Å². The third kappa shape index (κ3) is 3.62. The summed E-state index contributed by atoms with van der Waals surface area (Å²) in [6.45, 7) is 1.23. The molecule has 2 aromatic rings. The first-order valence-electron chi connectivity index (χ1n) is 7.88. The van der Waals surface area contributed by atoms with E-state index in [0.29, 0.717) is 16.8 Å². The van der Waals surface area contributed by atoms with E-state index in [0.717, 1.165) is 19.3 Å². The van der Waals surface area contributed by atoms with Gasteiger partial charge in [-0.1, -0.05) is 12.1 Å². The van der Waals surface area contributed by atoms with Crippen LogP contribution in [0.4, 0.5) is 10.1 Å². The van der Waals surface area contributed by atoms with Crippen molar-refractivity contribution >= 4 is 17.6 Å². The number of aryl methyl sites for hydroxylation is 3. The van der Waals surface area contributed by atoms with Crippen LogP contribution in [-0.4, -0.2) is 18.5 Å². The lowest BCUT2D eigenvalue weighted by molar-refractivity contribution is -0.119. The molecule has 1 aliphatic rings. The molecule has 0 saturated heterocycles. The fourth-order valence-corrected chi connectivity index (χ4v) is 2.78. The fraction of sp³-hybridized carbons (Fsp3) is 0.263. The van der Waals surface area contributed by atoms with Crippen molar-refractivity contribution < 1.29 is 18.7 Å². The Morgan fingerprint density at radius 2 is 1.92 bits per heavy atom. The number of amides is 1. The number of anilines is 1. The Morgan fingerprint density at radius 3 is 2.71 bits per heavy atom. The summed E-state index contributed by atoms with van der Waals surface area (Å²) in [5, 5.41) is 2.50. The van der Waals surface area contributed by atoms with Crippen molar-refractivity contribution in [3.63, 3.8) is 0 Å². The molecule has 0 atom stereocenters. The van der Waals surface area contributed by atoms with Crippen LogP contribution in [0, 0.1) is 12.7 Å². The summed E-state index contributed by atoms with van der Waals surface area (Å²) in [5.41, 5.74) is 3.72. The average molecular weight is 327 g/mol. The highest BCUT2D eigenvalue weighted by Crippen LogP contribution is 2.23. The van der Waals surface area contributed by atoms with E-state index in [1.165, 1.54) is 17.2 Å². The molecular formula is C19H18FNO3. The van der Waals surface area contributed by atoms with Crippen molar-refractivity contribution in [2.75, 3.05) is 11.9 Å². The Hall–Kier alpha value is -2.69. The fourth-order valence-electron chi connectivity index (χ4n) is 2.78. The second-order valence-electron chi connectivity index (χ2n) is 5.93. The number of hydrogen-bond acceptors (Lipinski definition) is 3. The monoisotopic (exact) mass is 327 g/mol. The quantitative estimate of drug-likeness (QED) is 0.876. The Kier molecular flexibility index (Phi) is 4.60. The predicted octanol–water partition coefficient (Wildman–Crippen LogP) is 3.42. The molecule has 24 heavy (non-hydrogen) atoms. The van der Waals surface area contributed by atoms with E-state index in [-0.39, 0.29) is 0 Å². The van der Waals surface area contributed by atoms with E-state index < -0.39 is 24.3 Å². The van der Waals surface area contributed by atoms with E-state index in [1.54, 1.807) is 25.1 Å². The van der Waals surface area contributed by atoms with Crippen LogP contribution in [-0.2, 0) is 22.4 Å². The zero-order valence-corrected chi connectivity index (χ0v) is 13.4. The van der Waals surface area contributed by atoms with Gasteiger partial charge in [0.05, 0.1) is 5.56 Å². The largest absolute Gasteiger partial charge is 0.452 e. The molecule has 3 rings (SSSR count). The molecule has 0 saturated carbocycles. The van der Waals surface area contributed by atoms with Crippen molar-refractivity contribution in [1.82, 2.24) is 0 Å². The van der Waals surface area contributed by atoms with Gasteiger partial charge in [0.1, 0.15) is 5.82 Å². The van der Waals surface area contributed by atoms with Crippen LogP contribution in [0.2, 0.25) is 0 Å². The minimum Gasteiger partial charge on any atom is -0.452 e. The maximum absolute atomic E-state index is 13.4. The Labute approximate surface area is 139 Å². The smallest absolute Gasteiger partial charge is 0.338 e. The second-order valence-corrected chi connectivity index (χ2v) is 5.93. The maximum atomic E-state index is 13.4. The Bertz CT molecular complexity index is 801. The lowest BCUT2D eigenvalue weighted by Gasteiger charge is -2.08. The molecular weight excluding hydrogens is 309 g/mol. The molecule has 1 aliphatic carbocycles. The highest BCUT2D eigenvalue weighted by Gasteiger charge is 2.15. The minimum atomic E-state index is -0.532. The van der Waals surface area contributed by atoms with E-state index >= 15 is 0 Å². The summed E-state index contributed by atoms with van der Waals surface area (Å²) >= 11 is 0. The van der Waals surface area contributed by atoms with Crippen molar-refractivity contribution in [1.29, 1.82) is 0 Å². The number of carbonyl (C=O) groups excluding carboxylic acids is 2. The molecule has 0 heterocycles. The zero-order chi connectivity index (χ0) is 17.1. The van der Waals surface area contributed by atoms with Gasteiger partial charge >= 0.3 is 5.97 Å². The van der Waals surface area contributed by atoms with Crippen LogP contribution >= 0.6 is 0 Å². The second kappa shape index (κ2) is 6.83. The average Bonchev–Trinajstić information content (AvgIpc) is 3.03. The summed E-state index contributed by atoms with van der Waals surface area (Å²) in [4.78, 5) is 23.9. The molecule has 0 aliphatic heterocycles. The molecule has 1 N–H and O–H groups in total. The highest BCUT2D eigenvalue weighted by molar-refractivity contribution is 5.95. The first kappa shape index (κ1) is 16.2. The molecule has 0 bridgehead atoms. The molecule has 0 fully saturated rings. The molecule has 0 unspecified atom stereocenters. The van der Waals surface area contributed by atoms with Crippen LogP contribution in [0.25, 0.3) is 0 Å². The van der Waals surface area contributed by atoms with Crippen molar-refractivity contribution in [2.45, 2.75) is 26.2 Å². The molecule has 5 heteroatoms. The third-order valence-corrected chi connectivity index (χ3v) is 4.12. The van der Waals surface area contributed by atoms with Gasteiger partial charge in [-0.15, -0.1) is 0 Å². The summed E-state index contributed by atoms with van der Waals surface area (Å²) in [5.74, 6) is -1.44. The first-order valence-corrected chi connectivity index (χ1v) is 7.88. The van der Waals surface area contributed by atoms with Crippen molar-refractivity contribution in [3.05, 3.63) is 64.5 Å². The van der Waals surface area contributed by atoms with Gasteiger partial charge in [-0.05, 0) is 67.1 Å². The van der Waals surface area contributed by atoms with Gasteiger partial charge < -0.3 is 10.1 Å². The van der Waals surface area contributed by atoms with E-state index in [1.807, 2.05) is 12.1 Å². The number of fused-ring (bicyclic) bond motifs is 1. The Balaban J connectivity index is 1.55. The van der Waals surface area contributed by atoms with Gasteiger partial charge in [0, 0.05) is 5.69 Å². The first-order chi connectivity index (χ1) is 11.5. The summed E-state index contributed by atoms with van der Waals surface area (Å²) in [6, 6.07) is 9.89. The van der Waals surface area contributed by atoms with Crippen LogP contribution < -0.4 is 5.32 Å². The standard InChI is InChI=1S/C19H18FNO3/c1-12-5-8-16(10-17(12)20)21-18(22)11-24-19(23)15-7-6-13-3-2-4-14(13)9-15/h5-10H,2-4,11H2,1H3,(H,21,22). The Morgan fingerprint density at radius 1 is 1.12 bits per heavy atom. The van der Waals surface area contributed by atoms with Gasteiger partial charge in [-0.3, -0.25) is 4.79 Å². The zero-order valence-electron chi connectivity index (χ0n) is 13.4. The van der Waals surface area contributed by atoms with Gasteiger partial charge in [0.15, 0.2) is 6.61 Å². The van der Waals surface area contributed by atoms with E-state index in [2.05, 4.69) is 5.32 Å². The molecule has 0 spiro atoms. The lowest BCUT2D eigenvalue weighted by Crippen LogP contribution is -2.21. The van der Waals surface area contributed by atoms with E-state index in [4.69, 9.17) is 4.74 Å². The molecule has 1 amide bonds. The summed E-state index contributed by atoms with van der Waals surface area (Å²) < 4.78 is 18.5. The predicted molar refractivity (Wildman–Crippen MR) is 88.5 cm³/mol. The number of halogens is 1. The summed E-state index contributed by atoms with van der Waals surface area (Å²) in [7, 11) is 0. The number of hydrogen-bond donors (Lipinski definition) is 1. The third-order valence-electron chi connectivity index (χ3n) is 4.12. The number of benzene rings is 2.